The molecule has 0 fully saturated rings. The van der Waals surface area contributed by atoms with Crippen LogP contribution in [0.3, 0.4) is 0 Å². The Bertz CT molecular complexity index is 583. The van der Waals surface area contributed by atoms with Crippen LogP contribution >= 0.6 is 0 Å². The second-order valence-electron chi connectivity index (χ2n) is 5.00. The number of nitrogens with one attached hydrogen (secondary N) is 1. The molecular formula is C16H21N3. The van der Waals surface area contributed by atoms with Gasteiger partial charge in [-0.3, -0.25) is 0 Å². The lowest BCUT2D eigenvalue weighted by Gasteiger charge is -2.13. The van der Waals surface area contributed by atoms with Gasteiger partial charge >= 0.3 is 0 Å². The van der Waals surface area contributed by atoms with E-state index in [0.29, 0.717) is 0 Å². The van der Waals surface area contributed by atoms with Gasteiger partial charge in [-0.1, -0.05) is 17.2 Å². The van der Waals surface area contributed by atoms with Crippen LogP contribution < -0.4 is 5.32 Å². The highest BCUT2D eigenvalue weighted by molar-refractivity contribution is 5.69. The van der Waals surface area contributed by atoms with Crippen molar-refractivity contribution in [3.8, 4) is 11.3 Å². The molecule has 0 saturated carbocycles. The maximum Gasteiger partial charge on any atom is 0.133 e. The summed E-state index contributed by atoms with van der Waals surface area (Å²) in [6, 6.07) is 6.53. The molecule has 0 radical (unpaired) electrons. The second kappa shape index (κ2) is 5.39. The Hall–Kier alpha value is -1.90. The molecule has 0 spiro atoms. The second-order valence-corrected chi connectivity index (χ2v) is 5.00. The summed E-state index contributed by atoms with van der Waals surface area (Å²) < 4.78 is 0. The largest absolute Gasteiger partial charge is 0.370 e. The van der Waals surface area contributed by atoms with Crippen LogP contribution in [-0.2, 0) is 0 Å². The number of aryl methyl sites for hydroxylation is 3. The van der Waals surface area contributed by atoms with Crippen LogP contribution in [0.4, 0.5) is 5.82 Å². The lowest BCUT2D eigenvalue weighted by atomic mass is 10.0. The molecule has 3 nitrogen and oxygen atoms in total. The van der Waals surface area contributed by atoms with Gasteiger partial charge in [0.2, 0.25) is 0 Å². The van der Waals surface area contributed by atoms with E-state index < -0.39 is 0 Å². The Balaban J connectivity index is 2.61. The fourth-order valence-electron chi connectivity index (χ4n) is 2.36. The number of nitrogens with zero attached hydrogens (tertiary/aromatic N) is 2. The van der Waals surface area contributed by atoms with Gasteiger partial charge in [0.15, 0.2) is 0 Å². The Morgan fingerprint density at radius 2 is 1.58 bits per heavy atom. The third-order valence-electron chi connectivity index (χ3n) is 3.10. The fourth-order valence-corrected chi connectivity index (χ4v) is 2.36. The van der Waals surface area contributed by atoms with Crippen molar-refractivity contribution in [3.63, 3.8) is 0 Å². The predicted molar refractivity (Wildman–Crippen MR) is 80.6 cm³/mol. The molecule has 0 saturated heterocycles. The van der Waals surface area contributed by atoms with Crippen LogP contribution in [0.2, 0.25) is 0 Å². The molecule has 100 valence electrons. The molecular weight excluding hydrogens is 234 g/mol. The van der Waals surface area contributed by atoms with E-state index in [1.54, 1.807) is 0 Å². The Morgan fingerprint density at radius 3 is 2.16 bits per heavy atom. The van der Waals surface area contributed by atoms with Crippen LogP contribution in [-0.4, -0.2) is 16.5 Å². The molecule has 1 heterocycles. The topological polar surface area (TPSA) is 37.8 Å². The number of aromatic nitrogens is 2. The minimum absolute atomic E-state index is 0.802. The van der Waals surface area contributed by atoms with Crippen molar-refractivity contribution in [1.82, 2.24) is 9.97 Å². The minimum Gasteiger partial charge on any atom is -0.370 e. The van der Waals surface area contributed by atoms with E-state index in [1.807, 2.05) is 6.92 Å². The first kappa shape index (κ1) is 13.5. The van der Waals surface area contributed by atoms with Gasteiger partial charge in [0, 0.05) is 17.7 Å². The maximum absolute atomic E-state index is 4.62. The lowest BCUT2D eigenvalue weighted by molar-refractivity contribution is 1.02. The van der Waals surface area contributed by atoms with Crippen molar-refractivity contribution in [3.05, 3.63) is 40.7 Å². The van der Waals surface area contributed by atoms with Crippen LogP contribution in [0, 0.1) is 27.7 Å². The third kappa shape index (κ3) is 2.92. The van der Waals surface area contributed by atoms with Gasteiger partial charge < -0.3 is 5.32 Å². The number of anilines is 1. The summed E-state index contributed by atoms with van der Waals surface area (Å²) in [7, 11) is 0. The zero-order chi connectivity index (χ0) is 14.0. The van der Waals surface area contributed by atoms with E-state index in [2.05, 4.69) is 61.2 Å². The highest BCUT2D eigenvalue weighted by atomic mass is 15.0. The highest BCUT2D eigenvalue weighted by Crippen LogP contribution is 2.27. The monoisotopic (exact) mass is 255 g/mol. The normalized spacial score (nSPS) is 10.6. The average molecular weight is 255 g/mol. The summed E-state index contributed by atoms with van der Waals surface area (Å²) in [6.45, 7) is 11.2. The highest BCUT2D eigenvalue weighted by Gasteiger charge is 2.11. The number of rotatable bonds is 3. The van der Waals surface area contributed by atoms with Gasteiger partial charge in [0.05, 0.1) is 5.69 Å². The van der Waals surface area contributed by atoms with Crippen molar-refractivity contribution in [2.45, 2.75) is 34.6 Å². The van der Waals surface area contributed by atoms with Crippen molar-refractivity contribution in [2.24, 2.45) is 0 Å². The van der Waals surface area contributed by atoms with E-state index in [0.717, 1.165) is 29.4 Å². The standard InChI is InChI=1S/C16H21N3/c1-6-17-16-12(4)15(18-13(5)19-16)14-8-10(2)7-11(3)9-14/h7-9H,6H2,1-5H3,(H,17,18,19). The van der Waals surface area contributed by atoms with E-state index in [4.69, 9.17) is 0 Å². The molecule has 2 aromatic rings. The molecule has 19 heavy (non-hydrogen) atoms. The molecule has 0 amide bonds. The summed E-state index contributed by atoms with van der Waals surface area (Å²) >= 11 is 0. The molecule has 0 aliphatic rings. The van der Waals surface area contributed by atoms with E-state index >= 15 is 0 Å². The van der Waals surface area contributed by atoms with E-state index in [-0.39, 0.29) is 0 Å². The van der Waals surface area contributed by atoms with E-state index in [1.165, 1.54) is 16.7 Å². The summed E-state index contributed by atoms with van der Waals surface area (Å²) in [5, 5.41) is 3.30. The molecule has 0 atom stereocenters. The molecule has 0 aliphatic carbocycles. The molecule has 3 heteroatoms. The molecule has 2 rings (SSSR count). The van der Waals surface area contributed by atoms with Gasteiger partial charge in [-0.25, -0.2) is 9.97 Å². The van der Waals surface area contributed by atoms with E-state index in [9.17, 15) is 0 Å². The Labute approximate surface area is 115 Å². The maximum atomic E-state index is 4.62. The quantitative estimate of drug-likeness (QED) is 0.906. The summed E-state index contributed by atoms with van der Waals surface area (Å²) in [5.41, 5.74) is 5.82. The first-order valence-electron chi connectivity index (χ1n) is 6.69. The molecule has 0 unspecified atom stereocenters. The average Bonchev–Trinajstić information content (AvgIpc) is 2.32. The Kier molecular flexibility index (Phi) is 3.84. The smallest absolute Gasteiger partial charge is 0.133 e. The van der Waals surface area contributed by atoms with Gasteiger partial charge in [0.1, 0.15) is 11.6 Å². The SMILES string of the molecule is CCNc1nc(C)nc(-c2cc(C)cc(C)c2)c1C. The van der Waals surface area contributed by atoms with Crippen LogP contribution in [0.25, 0.3) is 11.3 Å². The van der Waals surface area contributed by atoms with Gasteiger partial charge in [-0.05, 0) is 46.8 Å². The number of hydrogen-bond acceptors (Lipinski definition) is 3. The van der Waals surface area contributed by atoms with Gasteiger partial charge in [0.25, 0.3) is 0 Å². The number of benzene rings is 1. The third-order valence-corrected chi connectivity index (χ3v) is 3.10. The molecule has 0 bridgehead atoms. The van der Waals surface area contributed by atoms with Crippen LogP contribution in [0.1, 0.15) is 29.4 Å². The first-order chi connectivity index (χ1) is 9.01. The molecule has 0 aliphatic heterocycles. The molecule has 1 aromatic carbocycles. The van der Waals surface area contributed by atoms with Crippen molar-refractivity contribution in [2.75, 3.05) is 11.9 Å². The summed E-state index contributed by atoms with van der Waals surface area (Å²) in [5.74, 6) is 1.74. The fraction of sp³-hybridized carbons (Fsp3) is 0.375. The zero-order valence-electron chi connectivity index (χ0n) is 12.3. The molecule has 1 N–H and O–H groups in total. The minimum atomic E-state index is 0.802. The van der Waals surface area contributed by atoms with Crippen molar-refractivity contribution >= 4 is 5.82 Å². The lowest BCUT2D eigenvalue weighted by Crippen LogP contribution is -2.06. The zero-order valence-corrected chi connectivity index (χ0v) is 12.3. The summed E-state index contributed by atoms with van der Waals surface area (Å²) in [6.07, 6.45) is 0. The van der Waals surface area contributed by atoms with Gasteiger partial charge in [-0.15, -0.1) is 0 Å². The van der Waals surface area contributed by atoms with Crippen molar-refractivity contribution in [1.29, 1.82) is 0 Å². The van der Waals surface area contributed by atoms with Crippen LogP contribution in [0.5, 0.6) is 0 Å². The molecule has 1 aromatic heterocycles. The number of hydrogen-bond donors (Lipinski definition) is 1. The first-order valence-corrected chi connectivity index (χ1v) is 6.69. The summed E-state index contributed by atoms with van der Waals surface area (Å²) in [4.78, 5) is 9.09. The Morgan fingerprint density at radius 1 is 0.947 bits per heavy atom. The van der Waals surface area contributed by atoms with Gasteiger partial charge in [-0.2, -0.15) is 0 Å². The predicted octanol–water partition coefficient (Wildman–Crippen LogP) is 3.81. The van der Waals surface area contributed by atoms with Crippen molar-refractivity contribution < 1.29 is 0 Å². The van der Waals surface area contributed by atoms with Crippen LogP contribution in [0.15, 0.2) is 18.2 Å².